The fourth-order valence-electron chi connectivity index (χ4n) is 6.43. The van der Waals surface area contributed by atoms with Gasteiger partial charge in [-0.2, -0.15) is 0 Å². The third-order valence-corrected chi connectivity index (χ3v) is 8.58. The smallest absolute Gasteiger partial charge is 0.252 e. The number of carbonyl (C=O) groups is 1. The first-order valence-corrected chi connectivity index (χ1v) is 13.6. The van der Waals surface area contributed by atoms with Gasteiger partial charge in [-0.05, 0) is 39.9 Å². The summed E-state index contributed by atoms with van der Waals surface area (Å²) in [6.45, 7) is 1.87. The van der Waals surface area contributed by atoms with E-state index < -0.39 is 77.9 Å². The molecule has 1 amide bonds. The molecular formula is C25H46N6O8. The van der Waals surface area contributed by atoms with Crippen molar-refractivity contribution in [3.8, 4) is 0 Å². The number of hydrogen-bond acceptors (Lipinski definition) is 13. The van der Waals surface area contributed by atoms with Crippen molar-refractivity contribution in [1.82, 2.24) is 16.0 Å². The SMILES string of the molecule is CNCC1=CC[C@@H](N)C([C@H]2[C@H](O)[C@@H](O[C@H]3OC[C@](C)(O)[C@H](NC)[C@H]3O)[C@H](NC(=O)C3(O)CC(N)C3)C[C@@H]2N)O1. The van der Waals surface area contributed by atoms with Gasteiger partial charge >= 0.3 is 0 Å². The minimum absolute atomic E-state index is 0.114. The summed E-state index contributed by atoms with van der Waals surface area (Å²) in [5.74, 6) is -0.625. The number of aliphatic hydroxyl groups is 4. The van der Waals surface area contributed by atoms with Crippen LogP contribution in [0.2, 0.25) is 0 Å². The molecule has 0 radical (unpaired) electrons. The molecule has 224 valence electrons. The number of amides is 1. The lowest BCUT2D eigenvalue weighted by Gasteiger charge is -2.51. The highest BCUT2D eigenvalue weighted by Crippen LogP contribution is 2.37. The summed E-state index contributed by atoms with van der Waals surface area (Å²) in [5.41, 5.74) is 15.8. The lowest BCUT2D eigenvalue weighted by Crippen LogP contribution is -2.70. The van der Waals surface area contributed by atoms with E-state index in [4.69, 9.17) is 31.4 Å². The van der Waals surface area contributed by atoms with Crippen molar-refractivity contribution < 1.29 is 39.4 Å². The Bertz CT molecular complexity index is 902. The molecule has 4 rings (SSSR count). The van der Waals surface area contributed by atoms with Crippen LogP contribution in [0.3, 0.4) is 0 Å². The molecule has 13 N–H and O–H groups in total. The minimum atomic E-state index is -1.62. The molecule has 2 aliphatic heterocycles. The zero-order valence-corrected chi connectivity index (χ0v) is 22.8. The Labute approximate surface area is 228 Å². The number of nitrogens with two attached hydrogens (primary N) is 3. The van der Waals surface area contributed by atoms with Crippen LogP contribution in [-0.2, 0) is 19.0 Å². The largest absolute Gasteiger partial charge is 0.492 e. The van der Waals surface area contributed by atoms with Gasteiger partial charge in [-0.3, -0.25) is 4.79 Å². The molecule has 3 fully saturated rings. The molecule has 1 unspecified atom stereocenters. The highest BCUT2D eigenvalue weighted by Gasteiger charge is 2.55. The van der Waals surface area contributed by atoms with E-state index in [9.17, 15) is 25.2 Å². The molecule has 0 spiro atoms. The molecule has 0 aromatic rings. The van der Waals surface area contributed by atoms with E-state index in [0.29, 0.717) is 18.7 Å². The van der Waals surface area contributed by atoms with Gasteiger partial charge in [-0.15, -0.1) is 0 Å². The zero-order valence-electron chi connectivity index (χ0n) is 22.8. The second-order valence-electron chi connectivity index (χ2n) is 11.8. The summed E-state index contributed by atoms with van der Waals surface area (Å²) in [6, 6.07) is -2.99. The Kier molecular flexibility index (Phi) is 9.25. The summed E-state index contributed by atoms with van der Waals surface area (Å²) >= 11 is 0. The van der Waals surface area contributed by atoms with Crippen LogP contribution >= 0.6 is 0 Å². The van der Waals surface area contributed by atoms with Crippen molar-refractivity contribution in [3.63, 3.8) is 0 Å². The summed E-state index contributed by atoms with van der Waals surface area (Å²) in [6.07, 6.45) is -2.74. The Balaban J connectivity index is 1.58. The Morgan fingerprint density at radius 1 is 1.15 bits per heavy atom. The molecule has 0 aromatic carbocycles. The van der Waals surface area contributed by atoms with Crippen LogP contribution in [0.5, 0.6) is 0 Å². The predicted octanol–water partition coefficient (Wildman–Crippen LogP) is -4.31. The summed E-state index contributed by atoms with van der Waals surface area (Å²) in [7, 11) is 3.39. The number of ether oxygens (including phenoxy) is 3. The molecule has 4 aliphatic rings. The average Bonchev–Trinajstić information content (AvgIpc) is 2.84. The van der Waals surface area contributed by atoms with Gasteiger partial charge in [-0.1, -0.05) is 0 Å². The van der Waals surface area contributed by atoms with Gasteiger partial charge in [0.1, 0.15) is 35.3 Å². The molecule has 14 heteroatoms. The van der Waals surface area contributed by atoms with Crippen LogP contribution < -0.4 is 33.2 Å². The van der Waals surface area contributed by atoms with Crippen molar-refractivity contribution in [2.75, 3.05) is 27.2 Å². The first-order valence-electron chi connectivity index (χ1n) is 13.6. The van der Waals surface area contributed by atoms with E-state index in [2.05, 4.69) is 16.0 Å². The maximum absolute atomic E-state index is 13.0. The van der Waals surface area contributed by atoms with E-state index in [0.717, 1.165) is 0 Å². The quantitative estimate of drug-likeness (QED) is 0.136. The van der Waals surface area contributed by atoms with Gasteiger partial charge < -0.3 is 67.8 Å². The Morgan fingerprint density at radius 3 is 2.46 bits per heavy atom. The highest BCUT2D eigenvalue weighted by atomic mass is 16.7. The molecule has 2 heterocycles. The minimum Gasteiger partial charge on any atom is -0.492 e. The lowest BCUT2D eigenvalue weighted by molar-refractivity contribution is -0.297. The summed E-state index contributed by atoms with van der Waals surface area (Å²) in [5, 5.41) is 52.7. The van der Waals surface area contributed by atoms with Gasteiger partial charge in [0.2, 0.25) is 0 Å². The Morgan fingerprint density at radius 2 is 1.85 bits per heavy atom. The van der Waals surface area contributed by atoms with Crippen LogP contribution in [0.15, 0.2) is 11.8 Å². The van der Waals surface area contributed by atoms with Gasteiger partial charge in [0, 0.05) is 36.9 Å². The van der Waals surface area contributed by atoms with E-state index in [1.807, 2.05) is 6.08 Å². The summed E-state index contributed by atoms with van der Waals surface area (Å²) in [4.78, 5) is 13.0. The molecule has 1 saturated heterocycles. The molecular weight excluding hydrogens is 512 g/mol. The van der Waals surface area contributed by atoms with E-state index in [-0.39, 0.29) is 31.9 Å². The monoisotopic (exact) mass is 558 g/mol. The second-order valence-corrected chi connectivity index (χ2v) is 11.8. The van der Waals surface area contributed by atoms with Crippen molar-refractivity contribution in [1.29, 1.82) is 0 Å². The topological polar surface area (TPSA) is 240 Å². The molecule has 11 atom stereocenters. The van der Waals surface area contributed by atoms with Crippen LogP contribution in [-0.4, -0.2) is 126 Å². The second kappa shape index (κ2) is 11.8. The standard InChI is InChI=1S/C25H46N6O8/c1-24(35)10-37-22(18(33)21(24)30-3)39-20-15(31-23(34)25(36)7-11(26)8-25)6-14(28)16(17(20)32)19-13(27)5-4-12(38-19)9-29-2/h4,11,13-22,29-30,32-33,35-36H,5-10,26-28H2,1-3H3,(H,31,34)/t11?,13-,14+,15-,16-,17+,18-,19?,20+,21-,22-,24+,25?/m1/s1. The molecule has 0 bridgehead atoms. The van der Waals surface area contributed by atoms with Gasteiger partial charge in [0.15, 0.2) is 6.29 Å². The fourth-order valence-corrected chi connectivity index (χ4v) is 6.43. The van der Waals surface area contributed by atoms with Crippen LogP contribution in [0.25, 0.3) is 0 Å². The van der Waals surface area contributed by atoms with Crippen molar-refractivity contribution in [2.24, 2.45) is 23.1 Å². The molecule has 2 aliphatic carbocycles. The van der Waals surface area contributed by atoms with Crippen LogP contribution in [0.4, 0.5) is 0 Å². The van der Waals surface area contributed by atoms with Crippen molar-refractivity contribution in [2.45, 2.75) is 105 Å². The predicted molar refractivity (Wildman–Crippen MR) is 140 cm³/mol. The average molecular weight is 559 g/mol. The van der Waals surface area contributed by atoms with Crippen LogP contribution in [0.1, 0.15) is 32.6 Å². The lowest BCUT2D eigenvalue weighted by atomic mass is 9.71. The molecule has 39 heavy (non-hydrogen) atoms. The molecule has 2 saturated carbocycles. The van der Waals surface area contributed by atoms with E-state index in [1.165, 1.54) is 6.92 Å². The first-order chi connectivity index (χ1) is 18.3. The number of aliphatic hydroxyl groups excluding tert-OH is 2. The van der Waals surface area contributed by atoms with E-state index >= 15 is 0 Å². The van der Waals surface area contributed by atoms with Crippen molar-refractivity contribution >= 4 is 5.91 Å². The van der Waals surface area contributed by atoms with Gasteiger partial charge in [0.05, 0.1) is 31.3 Å². The third kappa shape index (κ3) is 6.11. The van der Waals surface area contributed by atoms with Gasteiger partial charge in [0.25, 0.3) is 5.91 Å². The normalized spacial score (nSPS) is 48.5. The highest BCUT2D eigenvalue weighted by molar-refractivity contribution is 5.86. The Hall–Kier alpha value is -1.43. The fraction of sp³-hybridized carbons (Fsp3) is 0.880. The summed E-state index contributed by atoms with van der Waals surface area (Å²) < 4.78 is 18.0. The number of nitrogens with one attached hydrogen (secondary N) is 3. The molecule has 14 nitrogen and oxygen atoms in total. The maximum atomic E-state index is 13.0. The van der Waals surface area contributed by atoms with E-state index in [1.54, 1.807) is 14.1 Å². The number of likely N-dealkylation sites (N-methyl/N-ethyl adjacent to an activating group) is 2. The number of carbonyl (C=O) groups excluding carboxylic acids is 1. The van der Waals surface area contributed by atoms with Gasteiger partial charge in [-0.25, -0.2) is 0 Å². The van der Waals surface area contributed by atoms with Crippen LogP contribution in [0, 0.1) is 5.92 Å². The third-order valence-electron chi connectivity index (χ3n) is 8.58. The number of rotatable bonds is 8. The zero-order chi connectivity index (χ0) is 28.7. The number of hydrogen-bond donors (Lipinski definition) is 10. The van der Waals surface area contributed by atoms with Crippen molar-refractivity contribution in [3.05, 3.63) is 11.8 Å². The molecule has 0 aromatic heterocycles. The maximum Gasteiger partial charge on any atom is 0.252 e. The first kappa shape index (κ1) is 30.5.